The maximum Gasteiger partial charge on any atom is 0.134 e. The predicted octanol–water partition coefficient (Wildman–Crippen LogP) is 0.994. The summed E-state index contributed by atoms with van der Waals surface area (Å²) in [6, 6.07) is 0. The third-order valence-electron chi connectivity index (χ3n) is 1.70. The van der Waals surface area contributed by atoms with Gasteiger partial charge in [0, 0.05) is 19.4 Å². The summed E-state index contributed by atoms with van der Waals surface area (Å²) < 4.78 is 1.65. The molecule has 5 nitrogen and oxygen atoms in total. The normalized spacial score (nSPS) is 10.4. The molecule has 0 aliphatic rings. The van der Waals surface area contributed by atoms with Gasteiger partial charge in [0.1, 0.15) is 16.4 Å². The van der Waals surface area contributed by atoms with E-state index >= 15 is 0 Å². The van der Waals surface area contributed by atoms with Crippen molar-refractivity contribution in [3.05, 3.63) is 18.6 Å². The second-order valence-corrected chi connectivity index (χ2v) is 3.49. The van der Waals surface area contributed by atoms with Crippen LogP contribution in [0.2, 0.25) is 0 Å². The summed E-state index contributed by atoms with van der Waals surface area (Å²) in [5, 5.41) is 8.72. The molecule has 6 heteroatoms. The van der Waals surface area contributed by atoms with Gasteiger partial charge in [0.05, 0.1) is 6.20 Å². The van der Waals surface area contributed by atoms with Crippen LogP contribution in [0, 0.1) is 0 Å². The minimum Gasteiger partial charge on any atom is -0.255 e. The molecule has 0 unspecified atom stereocenters. The number of aromatic nitrogens is 5. The monoisotopic (exact) mass is 207 g/mol. The van der Waals surface area contributed by atoms with Crippen LogP contribution in [0.5, 0.6) is 0 Å². The van der Waals surface area contributed by atoms with Gasteiger partial charge in [-0.15, -0.1) is 16.9 Å². The van der Waals surface area contributed by atoms with Crippen molar-refractivity contribution in [1.29, 1.82) is 0 Å². The van der Waals surface area contributed by atoms with Crippen LogP contribution in [0.4, 0.5) is 0 Å². The lowest BCUT2D eigenvalue weighted by Gasteiger charge is -1.99. The quantitative estimate of drug-likeness (QED) is 0.687. The van der Waals surface area contributed by atoms with Crippen LogP contribution in [-0.2, 0) is 7.05 Å². The number of nitrogens with zero attached hydrogens (tertiary/aromatic N) is 5. The SMILES string of the molecule is CSc1nccnc1-c1cn(C)nn1. The van der Waals surface area contributed by atoms with Crippen molar-refractivity contribution in [2.75, 3.05) is 6.26 Å². The largest absolute Gasteiger partial charge is 0.255 e. The molecule has 0 saturated heterocycles. The molecule has 0 saturated carbocycles. The van der Waals surface area contributed by atoms with Gasteiger partial charge in [-0.25, -0.2) is 4.98 Å². The van der Waals surface area contributed by atoms with Crippen LogP contribution in [0.25, 0.3) is 11.4 Å². The van der Waals surface area contributed by atoms with Gasteiger partial charge in [-0.1, -0.05) is 5.21 Å². The Kier molecular flexibility index (Phi) is 2.45. The van der Waals surface area contributed by atoms with Gasteiger partial charge in [0.15, 0.2) is 0 Å². The van der Waals surface area contributed by atoms with Crippen molar-refractivity contribution in [2.24, 2.45) is 7.05 Å². The summed E-state index contributed by atoms with van der Waals surface area (Å²) in [6.07, 6.45) is 7.11. The highest BCUT2D eigenvalue weighted by Gasteiger charge is 2.09. The van der Waals surface area contributed by atoms with E-state index < -0.39 is 0 Å². The molecule has 14 heavy (non-hydrogen) atoms. The number of thioether (sulfide) groups is 1. The molecular formula is C8H9N5S. The Labute approximate surface area is 85.6 Å². The summed E-state index contributed by atoms with van der Waals surface area (Å²) in [7, 11) is 1.83. The Morgan fingerprint density at radius 2 is 2.07 bits per heavy atom. The molecule has 0 aromatic carbocycles. The van der Waals surface area contributed by atoms with Crippen LogP contribution in [-0.4, -0.2) is 31.2 Å². The van der Waals surface area contributed by atoms with Gasteiger partial charge < -0.3 is 0 Å². The molecule has 2 aromatic rings. The lowest BCUT2D eigenvalue weighted by atomic mass is 10.3. The molecule has 2 aromatic heterocycles. The summed E-state index contributed by atoms with van der Waals surface area (Å²) in [6.45, 7) is 0. The highest BCUT2D eigenvalue weighted by atomic mass is 32.2. The van der Waals surface area contributed by atoms with Crippen LogP contribution < -0.4 is 0 Å². The van der Waals surface area contributed by atoms with Crippen LogP contribution >= 0.6 is 11.8 Å². The molecule has 0 aliphatic carbocycles. The van der Waals surface area contributed by atoms with E-state index in [0.29, 0.717) is 0 Å². The second-order valence-electron chi connectivity index (χ2n) is 2.69. The van der Waals surface area contributed by atoms with Gasteiger partial charge in [-0.05, 0) is 6.26 Å². The van der Waals surface area contributed by atoms with Crippen molar-refractivity contribution in [2.45, 2.75) is 5.03 Å². The molecule has 0 radical (unpaired) electrons. The zero-order valence-electron chi connectivity index (χ0n) is 7.88. The summed E-state index contributed by atoms with van der Waals surface area (Å²) in [5.41, 5.74) is 1.54. The summed E-state index contributed by atoms with van der Waals surface area (Å²) in [4.78, 5) is 8.44. The van der Waals surface area contributed by atoms with Gasteiger partial charge in [0.25, 0.3) is 0 Å². The molecule has 0 amide bonds. The molecular weight excluding hydrogens is 198 g/mol. The highest BCUT2D eigenvalue weighted by Crippen LogP contribution is 2.23. The van der Waals surface area contributed by atoms with Gasteiger partial charge in [-0.3, -0.25) is 9.67 Å². The average molecular weight is 207 g/mol. The maximum absolute atomic E-state index is 4.23. The predicted molar refractivity (Wildman–Crippen MR) is 53.8 cm³/mol. The van der Waals surface area contributed by atoms with Crippen molar-refractivity contribution < 1.29 is 0 Å². The molecule has 0 atom stereocenters. The molecule has 2 rings (SSSR count). The standard InChI is InChI=1S/C8H9N5S/c1-13-5-6(11-12-13)7-8(14-2)10-4-3-9-7/h3-5H,1-2H3. The smallest absolute Gasteiger partial charge is 0.134 e. The van der Waals surface area contributed by atoms with E-state index in [1.54, 1.807) is 28.8 Å². The molecule has 0 fully saturated rings. The first-order chi connectivity index (χ1) is 6.81. The second kappa shape index (κ2) is 3.75. The van der Waals surface area contributed by atoms with E-state index in [2.05, 4.69) is 20.3 Å². The third-order valence-corrected chi connectivity index (χ3v) is 2.39. The third kappa shape index (κ3) is 1.60. The Morgan fingerprint density at radius 1 is 1.29 bits per heavy atom. The van der Waals surface area contributed by atoms with E-state index in [9.17, 15) is 0 Å². The molecule has 72 valence electrons. The molecule has 0 aliphatic heterocycles. The molecule has 0 spiro atoms. The molecule has 0 N–H and O–H groups in total. The number of aryl methyl sites for hydroxylation is 1. The van der Waals surface area contributed by atoms with Gasteiger partial charge >= 0.3 is 0 Å². The fourth-order valence-electron chi connectivity index (χ4n) is 1.11. The first-order valence-electron chi connectivity index (χ1n) is 4.03. The van der Waals surface area contributed by atoms with E-state index in [1.807, 2.05) is 19.5 Å². The topological polar surface area (TPSA) is 56.5 Å². The fraction of sp³-hybridized carbons (Fsp3) is 0.250. The van der Waals surface area contributed by atoms with Crippen molar-refractivity contribution >= 4 is 11.8 Å². The summed E-state index contributed by atoms with van der Waals surface area (Å²) in [5.74, 6) is 0. The Morgan fingerprint density at radius 3 is 2.71 bits per heavy atom. The van der Waals surface area contributed by atoms with Crippen LogP contribution in [0.15, 0.2) is 23.6 Å². The Bertz CT molecular complexity index is 439. The lowest BCUT2D eigenvalue weighted by Crippen LogP contribution is -1.89. The van der Waals surface area contributed by atoms with Crippen molar-refractivity contribution in [3.63, 3.8) is 0 Å². The van der Waals surface area contributed by atoms with Crippen LogP contribution in [0.3, 0.4) is 0 Å². The first-order valence-corrected chi connectivity index (χ1v) is 5.25. The Hall–Kier alpha value is -1.43. The Balaban J connectivity index is 2.50. The van der Waals surface area contributed by atoms with Crippen molar-refractivity contribution in [3.8, 4) is 11.4 Å². The van der Waals surface area contributed by atoms with Gasteiger partial charge in [-0.2, -0.15) is 0 Å². The minimum atomic E-state index is 0.755. The minimum absolute atomic E-state index is 0.755. The zero-order chi connectivity index (χ0) is 9.97. The lowest BCUT2D eigenvalue weighted by molar-refractivity contribution is 0.715. The summed E-state index contributed by atoms with van der Waals surface area (Å²) >= 11 is 1.55. The highest BCUT2D eigenvalue weighted by molar-refractivity contribution is 7.98. The van der Waals surface area contributed by atoms with E-state index in [1.165, 1.54) is 0 Å². The van der Waals surface area contributed by atoms with E-state index in [0.717, 1.165) is 16.4 Å². The van der Waals surface area contributed by atoms with Crippen LogP contribution in [0.1, 0.15) is 0 Å². The average Bonchev–Trinajstić information content (AvgIpc) is 2.65. The maximum atomic E-state index is 4.23. The molecule has 2 heterocycles. The molecule has 0 bridgehead atoms. The van der Waals surface area contributed by atoms with E-state index in [-0.39, 0.29) is 0 Å². The van der Waals surface area contributed by atoms with Crippen molar-refractivity contribution in [1.82, 2.24) is 25.0 Å². The van der Waals surface area contributed by atoms with E-state index in [4.69, 9.17) is 0 Å². The van der Waals surface area contributed by atoms with Gasteiger partial charge in [0.2, 0.25) is 0 Å². The number of rotatable bonds is 2. The zero-order valence-corrected chi connectivity index (χ0v) is 8.69. The first kappa shape index (κ1) is 9.14. The number of hydrogen-bond acceptors (Lipinski definition) is 5. The fourth-order valence-corrected chi connectivity index (χ4v) is 1.62. The number of hydrogen-bond donors (Lipinski definition) is 0.